The molecule has 0 bridgehead atoms. The Kier molecular flexibility index (Phi) is 6.23. The number of carbonyl (C=O) groups is 1. The molecule has 1 amide bonds. The number of amides is 1. The van der Waals surface area contributed by atoms with Gasteiger partial charge in [0.1, 0.15) is 0 Å². The molecule has 2 aromatic heterocycles. The highest BCUT2D eigenvalue weighted by Crippen LogP contribution is 2.34. The third kappa shape index (κ3) is 4.62. The van der Waals surface area contributed by atoms with E-state index >= 15 is 0 Å². The second-order valence-electron chi connectivity index (χ2n) is 7.48. The molecule has 0 aliphatic carbocycles. The topological polar surface area (TPSA) is 91.2 Å². The Balaban J connectivity index is 1.52. The van der Waals surface area contributed by atoms with Crippen LogP contribution in [0.2, 0.25) is 0 Å². The molecule has 8 nitrogen and oxygen atoms in total. The molecule has 0 aliphatic rings. The van der Waals surface area contributed by atoms with Gasteiger partial charge in [-0.05, 0) is 29.8 Å². The predicted octanol–water partition coefficient (Wildman–Crippen LogP) is 5.33. The Morgan fingerprint density at radius 3 is 2.31 bits per heavy atom. The molecule has 174 valence electrons. The van der Waals surface area contributed by atoms with Crippen molar-refractivity contribution in [2.75, 3.05) is 19.5 Å². The van der Waals surface area contributed by atoms with Crippen LogP contribution in [0.1, 0.15) is 10.5 Å². The van der Waals surface area contributed by atoms with E-state index < -0.39 is 0 Å². The van der Waals surface area contributed by atoms with Gasteiger partial charge in [0, 0.05) is 28.9 Å². The van der Waals surface area contributed by atoms with Crippen molar-refractivity contribution in [1.82, 2.24) is 19.1 Å². The lowest BCUT2D eigenvalue weighted by Crippen LogP contribution is -2.14. The molecule has 0 aliphatic heterocycles. The number of hydrogen-bond acceptors (Lipinski definition) is 7. The van der Waals surface area contributed by atoms with Gasteiger partial charge in [0.05, 0.1) is 19.9 Å². The average molecular weight is 484 g/mol. The van der Waals surface area contributed by atoms with Crippen LogP contribution in [-0.4, -0.2) is 39.3 Å². The summed E-state index contributed by atoms with van der Waals surface area (Å²) in [6.45, 7) is 0. The van der Waals surface area contributed by atoms with E-state index in [-0.39, 0.29) is 11.6 Å². The van der Waals surface area contributed by atoms with Crippen molar-refractivity contribution in [3.05, 3.63) is 90.8 Å². The first-order chi connectivity index (χ1) is 17.2. The maximum atomic E-state index is 13.4. The van der Waals surface area contributed by atoms with Crippen molar-refractivity contribution in [1.29, 1.82) is 0 Å². The Hall–Kier alpha value is -4.50. The Morgan fingerprint density at radius 2 is 1.60 bits per heavy atom. The summed E-state index contributed by atoms with van der Waals surface area (Å²) < 4.78 is 16.9. The van der Waals surface area contributed by atoms with Crippen molar-refractivity contribution in [3.63, 3.8) is 0 Å². The molecule has 0 saturated heterocycles. The third-order valence-corrected chi connectivity index (χ3v) is 5.95. The van der Waals surface area contributed by atoms with Gasteiger partial charge >= 0.3 is 0 Å². The van der Waals surface area contributed by atoms with E-state index in [9.17, 15) is 4.79 Å². The minimum Gasteiger partial charge on any atom is -0.493 e. The second kappa shape index (κ2) is 9.78. The summed E-state index contributed by atoms with van der Waals surface area (Å²) in [5.74, 6) is 1.32. The maximum Gasteiger partial charge on any atom is 0.278 e. The summed E-state index contributed by atoms with van der Waals surface area (Å²) in [6.07, 6.45) is 1.82. The van der Waals surface area contributed by atoms with E-state index in [0.717, 1.165) is 28.3 Å². The molecule has 5 aromatic rings. The summed E-state index contributed by atoms with van der Waals surface area (Å²) in [5, 5.41) is 7.84. The molecule has 0 saturated carbocycles. The zero-order chi connectivity index (χ0) is 24.2. The van der Waals surface area contributed by atoms with Crippen molar-refractivity contribution >= 4 is 22.6 Å². The highest BCUT2D eigenvalue weighted by atomic mass is 32.1. The number of methoxy groups -OCH3 is 2. The zero-order valence-electron chi connectivity index (χ0n) is 19.0. The van der Waals surface area contributed by atoms with Crippen LogP contribution < -0.4 is 14.8 Å². The molecule has 0 atom stereocenters. The Morgan fingerprint density at radius 1 is 0.886 bits per heavy atom. The lowest BCUT2D eigenvalue weighted by Gasteiger charge is -2.09. The monoisotopic (exact) mass is 483 g/mol. The number of carbonyl (C=O) groups excluding carboxylic acids is 1. The summed E-state index contributed by atoms with van der Waals surface area (Å²) in [7, 11) is 3.15. The van der Waals surface area contributed by atoms with E-state index in [0.29, 0.717) is 28.0 Å². The smallest absolute Gasteiger partial charge is 0.278 e. The van der Waals surface area contributed by atoms with Crippen LogP contribution >= 0.6 is 11.5 Å². The SMILES string of the molecule is COc1ccc(-c2cn(-c3ccccc3)nc2C(=O)Nc2nc(-c3ccccc3)ns2)cc1OC. The number of rotatable bonds is 7. The quantitative estimate of drug-likeness (QED) is 0.337. The number of nitrogens with one attached hydrogen (secondary N) is 1. The standard InChI is InChI=1S/C26H21N5O3S/c1-33-21-14-13-18(15-22(21)34-2)20-16-31(19-11-7-4-8-12-19)29-23(20)25(32)28-26-27-24(30-35-26)17-9-5-3-6-10-17/h3-16H,1-2H3,(H,27,28,30,32). The van der Waals surface area contributed by atoms with Crippen molar-refractivity contribution in [2.24, 2.45) is 0 Å². The fourth-order valence-electron chi connectivity index (χ4n) is 3.60. The normalized spacial score (nSPS) is 10.7. The van der Waals surface area contributed by atoms with Crippen LogP contribution in [0.25, 0.3) is 28.2 Å². The summed E-state index contributed by atoms with van der Waals surface area (Å²) in [6, 6.07) is 24.7. The Labute approximate surface area is 206 Å². The highest BCUT2D eigenvalue weighted by Gasteiger charge is 2.21. The van der Waals surface area contributed by atoms with Crippen molar-refractivity contribution < 1.29 is 14.3 Å². The summed E-state index contributed by atoms with van der Waals surface area (Å²) in [5.41, 5.74) is 3.36. The first kappa shape index (κ1) is 22.3. The van der Waals surface area contributed by atoms with Crippen molar-refractivity contribution in [3.8, 4) is 39.7 Å². The molecule has 5 rings (SSSR count). The summed E-state index contributed by atoms with van der Waals surface area (Å²) in [4.78, 5) is 17.8. The van der Waals surface area contributed by atoms with E-state index in [1.165, 1.54) is 0 Å². The number of ether oxygens (including phenoxy) is 2. The lowest BCUT2D eigenvalue weighted by molar-refractivity contribution is 0.102. The van der Waals surface area contributed by atoms with Gasteiger partial charge in [0.25, 0.3) is 5.91 Å². The molecular weight excluding hydrogens is 462 g/mol. The van der Waals surface area contributed by atoms with Gasteiger partial charge in [-0.25, -0.2) is 4.68 Å². The van der Waals surface area contributed by atoms with Crippen LogP contribution in [0.4, 0.5) is 5.13 Å². The largest absolute Gasteiger partial charge is 0.493 e. The van der Waals surface area contributed by atoms with Gasteiger partial charge in [-0.15, -0.1) is 0 Å². The van der Waals surface area contributed by atoms with Gasteiger partial charge in [-0.3, -0.25) is 10.1 Å². The zero-order valence-corrected chi connectivity index (χ0v) is 19.8. The number of benzene rings is 3. The molecule has 0 spiro atoms. The summed E-state index contributed by atoms with van der Waals surface area (Å²) >= 11 is 1.12. The highest BCUT2D eigenvalue weighted by molar-refractivity contribution is 7.10. The van der Waals surface area contributed by atoms with Gasteiger partial charge in [-0.2, -0.15) is 14.5 Å². The lowest BCUT2D eigenvalue weighted by atomic mass is 10.1. The van der Waals surface area contributed by atoms with E-state index in [1.54, 1.807) is 25.0 Å². The molecule has 9 heteroatoms. The van der Waals surface area contributed by atoms with Gasteiger partial charge in [0.15, 0.2) is 23.0 Å². The van der Waals surface area contributed by atoms with Crippen LogP contribution in [0.3, 0.4) is 0 Å². The number of aromatic nitrogens is 4. The minimum absolute atomic E-state index is 0.248. The van der Waals surface area contributed by atoms with Crippen LogP contribution in [0.5, 0.6) is 11.5 Å². The van der Waals surface area contributed by atoms with E-state index in [1.807, 2.05) is 79.0 Å². The number of hydrogen-bond donors (Lipinski definition) is 1. The number of nitrogens with zero attached hydrogens (tertiary/aromatic N) is 4. The molecule has 1 N–H and O–H groups in total. The fraction of sp³-hybridized carbons (Fsp3) is 0.0769. The van der Waals surface area contributed by atoms with Crippen molar-refractivity contribution in [2.45, 2.75) is 0 Å². The molecular formula is C26H21N5O3S. The van der Waals surface area contributed by atoms with Gasteiger partial charge in [0.2, 0.25) is 5.13 Å². The molecule has 0 unspecified atom stereocenters. The molecule has 2 heterocycles. The van der Waals surface area contributed by atoms with Crippen LogP contribution in [0, 0.1) is 0 Å². The second-order valence-corrected chi connectivity index (χ2v) is 8.24. The minimum atomic E-state index is -0.389. The first-order valence-corrected chi connectivity index (χ1v) is 11.5. The maximum absolute atomic E-state index is 13.4. The van der Waals surface area contributed by atoms with E-state index in [4.69, 9.17) is 9.47 Å². The molecule has 0 fully saturated rings. The molecule has 35 heavy (non-hydrogen) atoms. The molecule has 0 radical (unpaired) electrons. The predicted molar refractivity (Wildman–Crippen MR) is 135 cm³/mol. The van der Waals surface area contributed by atoms with E-state index in [2.05, 4.69) is 19.8 Å². The van der Waals surface area contributed by atoms with Gasteiger partial charge < -0.3 is 9.47 Å². The number of anilines is 1. The Bertz CT molecular complexity index is 1470. The average Bonchev–Trinajstić information content (AvgIpc) is 3.57. The van der Waals surface area contributed by atoms with Crippen LogP contribution in [-0.2, 0) is 0 Å². The number of para-hydroxylation sites is 1. The first-order valence-electron chi connectivity index (χ1n) is 10.7. The molecule has 3 aromatic carbocycles. The fourth-order valence-corrected chi connectivity index (χ4v) is 4.19. The van der Waals surface area contributed by atoms with Gasteiger partial charge in [-0.1, -0.05) is 54.6 Å². The van der Waals surface area contributed by atoms with Crippen LogP contribution in [0.15, 0.2) is 85.1 Å². The third-order valence-electron chi connectivity index (χ3n) is 5.32.